The molecule has 0 aliphatic carbocycles. The number of imidazole rings is 1. The highest BCUT2D eigenvalue weighted by Gasteiger charge is 2.04. The Kier molecular flexibility index (Phi) is 4.03. The summed E-state index contributed by atoms with van der Waals surface area (Å²) in [5, 5.41) is 13.8. The van der Waals surface area contributed by atoms with Gasteiger partial charge >= 0.3 is 0 Å². The van der Waals surface area contributed by atoms with E-state index >= 15 is 0 Å². The summed E-state index contributed by atoms with van der Waals surface area (Å²) < 4.78 is 0. The van der Waals surface area contributed by atoms with Crippen LogP contribution in [0, 0.1) is 10.1 Å². The molecule has 0 aliphatic rings. The molecule has 1 heterocycles. The molecule has 2 aromatic rings. The number of aromatic amines is 1. The zero-order chi connectivity index (χ0) is 12.8. The van der Waals surface area contributed by atoms with E-state index in [-0.39, 0.29) is 10.6 Å². The number of nitrogens with one attached hydrogen (secondary N) is 2. The number of benzene rings is 1. The monoisotopic (exact) mass is 246 g/mol. The highest BCUT2D eigenvalue weighted by atomic mass is 16.6. The summed E-state index contributed by atoms with van der Waals surface area (Å²) in [6, 6.07) is 6.65. The molecule has 2 N–H and O–H groups in total. The standard InChI is InChI=1S/C12H14N4O2/c17-16(18)12-3-1-2-10(6-12)7-13-5-4-11-8-14-9-15-11/h1-3,6,8-9,13H,4-5,7H2,(H,14,15). The summed E-state index contributed by atoms with van der Waals surface area (Å²) in [5.74, 6) is 0. The molecule has 18 heavy (non-hydrogen) atoms. The number of non-ortho nitro benzene ring substituents is 1. The van der Waals surface area contributed by atoms with Crippen LogP contribution in [0.2, 0.25) is 0 Å². The maximum Gasteiger partial charge on any atom is 0.269 e. The van der Waals surface area contributed by atoms with Gasteiger partial charge in [-0.15, -0.1) is 0 Å². The van der Waals surface area contributed by atoms with Crippen LogP contribution in [0.25, 0.3) is 0 Å². The maximum absolute atomic E-state index is 10.6. The van der Waals surface area contributed by atoms with Gasteiger partial charge in [-0.1, -0.05) is 12.1 Å². The molecule has 0 amide bonds. The van der Waals surface area contributed by atoms with Crippen LogP contribution >= 0.6 is 0 Å². The second-order valence-corrected chi connectivity index (χ2v) is 3.93. The molecule has 2 rings (SSSR count). The van der Waals surface area contributed by atoms with E-state index in [1.807, 2.05) is 6.07 Å². The first-order valence-electron chi connectivity index (χ1n) is 5.67. The Bertz CT molecular complexity index is 511. The molecule has 0 atom stereocenters. The van der Waals surface area contributed by atoms with Crippen molar-refractivity contribution in [3.05, 3.63) is 58.2 Å². The summed E-state index contributed by atoms with van der Waals surface area (Å²) in [7, 11) is 0. The van der Waals surface area contributed by atoms with Gasteiger partial charge in [0.15, 0.2) is 0 Å². The second kappa shape index (κ2) is 5.92. The molecular formula is C12H14N4O2. The molecule has 0 saturated heterocycles. The minimum Gasteiger partial charge on any atom is -0.348 e. The van der Waals surface area contributed by atoms with Gasteiger partial charge in [0.1, 0.15) is 0 Å². The van der Waals surface area contributed by atoms with Crippen LogP contribution in [0.15, 0.2) is 36.8 Å². The zero-order valence-corrected chi connectivity index (χ0v) is 9.80. The number of nitrogens with zero attached hydrogens (tertiary/aromatic N) is 2. The fraction of sp³-hybridized carbons (Fsp3) is 0.250. The summed E-state index contributed by atoms with van der Waals surface area (Å²) >= 11 is 0. The molecule has 6 heteroatoms. The van der Waals surface area contributed by atoms with Crippen molar-refractivity contribution in [1.82, 2.24) is 15.3 Å². The lowest BCUT2D eigenvalue weighted by Crippen LogP contribution is -2.16. The average molecular weight is 246 g/mol. The van der Waals surface area contributed by atoms with Crippen molar-refractivity contribution in [3.63, 3.8) is 0 Å². The second-order valence-electron chi connectivity index (χ2n) is 3.93. The first-order chi connectivity index (χ1) is 8.75. The number of hydrogen-bond acceptors (Lipinski definition) is 4. The topological polar surface area (TPSA) is 83.8 Å². The lowest BCUT2D eigenvalue weighted by molar-refractivity contribution is -0.384. The van der Waals surface area contributed by atoms with Crippen LogP contribution in [-0.2, 0) is 13.0 Å². The molecule has 0 radical (unpaired) electrons. The first-order valence-corrected chi connectivity index (χ1v) is 5.67. The Hall–Kier alpha value is -2.21. The van der Waals surface area contributed by atoms with Crippen LogP contribution in [0.1, 0.15) is 11.3 Å². The first kappa shape index (κ1) is 12.3. The van der Waals surface area contributed by atoms with Gasteiger partial charge in [-0.05, 0) is 5.56 Å². The van der Waals surface area contributed by atoms with E-state index in [4.69, 9.17) is 0 Å². The molecule has 6 nitrogen and oxygen atoms in total. The van der Waals surface area contributed by atoms with Gasteiger partial charge in [0.25, 0.3) is 5.69 Å². The summed E-state index contributed by atoms with van der Waals surface area (Å²) in [6.45, 7) is 1.42. The van der Waals surface area contributed by atoms with Gasteiger partial charge in [-0.2, -0.15) is 0 Å². The number of nitro groups is 1. The lowest BCUT2D eigenvalue weighted by atomic mass is 10.2. The van der Waals surface area contributed by atoms with Gasteiger partial charge in [0, 0.05) is 43.5 Å². The number of hydrogen-bond donors (Lipinski definition) is 2. The highest BCUT2D eigenvalue weighted by molar-refractivity contribution is 5.34. The van der Waals surface area contributed by atoms with Crippen molar-refractivity contribution in [2.75, 3.05) is 6.54 Å². The Morgan fingerprint density at radius 1 is 1.44 bits per heavy atom. The molecule has 1 aromatic carbocycles. The Morgan fingerprint density at radius 3 is 3.06 bits per heavy atom. The molecule has 0 unspecified atom stereocenters. The van der Waals surface area contributed by atoms with E-state index in [9.17, 15) is 10.1 Å². The number of aromatic nitrogens is 2. The van der Waals surface area contributed by atoms with Crippen molar-refractivity contribution in [2.24, 2.45) is 0 Å². The largest absolute Gasteiger partial charge is 0.348 e. The smallest absolute Gasteiger partial charge is 0.269 e. The van der Waals surface area contributed by atoms with Gasteiger partial charge in [0.05, 0.1) is 11.3 Å². The number of rotatable bonds is 6. The van der Waals surface area contributed by atoms with Crippen LogP contribution in [0.4, 0.5) is 5.69 Å². The van der Waals surface area contributed by atoms with Gasteiger partial charge in [-0.25, -0.2) is 4.98 Å². The van der Waals surface area contributed by atoms with E-state index in [0.717, 1.165) is 24.2 Å². The number of nitro benzene ring substituents is 1. The van der Waals surface area contributed by atoms with Gasteiger partial charge in [-0.3, -0.25) is 10.1 Å². The predicted molar refractivity (Wildman–Crippen MR) is 67.1 cm³/mol. The highest BCUT2D eigenvalue weighted by Crippen LogP contribution is 2.12. The Labute approximate surface area is 104 Å². The van der Waals surface area contributed by atoms with Crippen molar-refractivity contribution in [2.45, 2.75) is 13.0 Å². The van der Waals surface area contributed by atoms with E-state index < -0.39 is 0 Å². The fourth-order valence-corrected chi connectivity index (χ4v) is 1.66. The third-order valence-electron chi connectivity index (χ3n) is 2.58. The van der Waals surface area contributed by atoms with Crippen molar-refractivity contribution < 1.29 is 4.92 Å². The van der Waals surface area contributed by atoms with Crippen LogP contribution < -0.4 is 5.32 Å². The molecule has 0 fully saturated rings. The molecule has 1 aromatic heterocycles. The van der Waals surface area contributed by atoms with Gasteiger partial charge < -0.3 is 10.3 Å². The third kappa shape index (κ3) is 3.39. The van der Waals surface area contributed by atoms with E-state index in [1.165, 1.54) is 6.07 Å². The maximum atomic E-state index is 10.6. The normalized spacial score (nSPS) is 10.4. The Balaban J connectivity index is 1.79. The van der Waals surface area contributed by atoms with E-state index in [0.29, 0.717) is 6.54 Å². The molecular weight excluding hydrogens is 232 g/mol. The molecule has 0 bridgehead atoms. The SMILES string of the molecule is O=[N+]([O-])c1cccc(CNCCc2cnc[nH]2)c1. The molecule has 94 valence electrons. The Morgan fingerprint density at radius 2 is 2.33 bits per heavy atom. The summed E-state index contributed by atoms with van der Waals surface area (Å²) in [5.41, 5.74) is 2.11. The summed E-state index contributed by atoms with van der Waals surface area (Å²) in [4.78, 5) is 17.2. The quantitative estimate of drug-likeness (QED) is 0.461. The van der Waals surface area contributed by atoms with E-state index in [1.54, 1.807) is 24.7 Å². The van der Waals surface area contributed by atoms with Gasteiger partial charge in [0.2, 0.25) is 0 Å². The van der Waals surface area contributed by atoms with Crippen LogP contribution in [0.5, 0.6) is 0 Å². The minimum absolute atomic E-state index is 0.128. The van der Waals surface area contributed by atoms with Crippen LogP contribution in [0.3, 0.4) is 0 Å². The lowest BCUT2D eigenvalue weighted by Gasteiger charge is -2.03. The third-order valence-corrected chi connectivity index (χ3v) is 2.58. The molecule has 0 saturated carbocycles. The summed E-state index contributed by atoms with van der Waals surface area (Å²) in [6.07, 6.45) is 4.29. The van der Waals surface area contributed by atoms with E-state index in [2.05, 4.69) is 15.3 Å². The van der Waals surface area contributed by atoms with Crippen molar-refractivity contribution in [3.8, 4) is 0 Å². The number of H-pyrrole nitrogens is 1. The fourth-order valence-electron chi connectivity index (χ4n) is 1.66. The molecule has 0 spiro atoms. The predicted octanol–water partition coefficient (Wildman–Crippen LogP) is 1.65. The van der Waals surface area contributed by atoms with Crippen LogP contribution in [-0.4, -0.2) is 21.4 Å². The zero-order valence-electron chi connectivity index (χ0n) is 9.80. The van der Waals surface area contributed by atoms with Crippen molar-refractivity contribution >= 4 is 5.69 Å². The van der Waals surface area contributed by atoms with Crippen molar-refractivity contribution in [1.29, 1.82) is 0 Å². The molecule has 0 aliphatic heterocycles. The minimum atomic E-state index is -0.381. The average Bonchev–Trinajstić information content (AvgIpc) is 2.88.